The van der Waals surface area contributed by atoms with E-state index in [1.165, 1.54) is 16.0 Å². The average molecular weight is 413 g/mol. The number of amides is 1. The summed E-state index contributed by atoms with van der Waals surface area (Å²) in [5.41, 5.74) is 2.37. The van der Waals surface area contributed by atoms with Gasteiger partial charge in [0.05, 0.1) is 6.54 Å². The largest absolute Gasteiger partial charge is 0.357 e. The molecule has 2 N–H and O–H groups in total. The third-order valence-electron chi connectivity index (χ3n) is 5.15. The molecule has 0 bridgehead atoms. The van der Waals surface area contributed by atoms with Gasteiger partial charge in [-0.3, -0.25) is 4.79 Å². The minimum Gasteiger partial charge on any atom is -0.357 e. The third kappa shape index (κ3) is 6.60. The van der Waals surface area contributed by atoms with Gasteiger partial charge in [0.15, 0.2) is 5.96 Å². The minimum atomic E-state index is 0.262. The molecule has 1 atom stereocenters. The van der Waals surface area contributed by atoms with Gasteiger partial charge in [0.1, 0.15) is 0 Å². The number of hydrogen-bond acceptors (Lipinski definition) is 3. The number of guanidine groups is 1. The van der Waals surface area contributed by atoms with Crippen molar-refractivity contribution >= 4 is 23.2 Å². The van der Waals surface area contributed by atoms with Gasteiger partial charge >= 0.3 is 0 Å². The molecule has 1 aromatic carbocycles. The van der Waals surface area contributed by atoms with E-state index in [0.717, 1.165) is 38.4 Å². The summed E-state index contributed by atoms with van der Waals surface area (Å²) < 4.78 is 0. The molecule has 6 heteroatoms. The number of carbonyl (C=O) groups excluding carboxylic acids is 1. The van der Waals surface area contributed by atoms with Crippen LogP contribution in [0, 0.1) is 5.92 Å². The van der Waals surface area contributed by atoms with E-state index < -0.39 is 0 Å². The van der Waals surface area contributed by atoms with Crippen LogP contribution < -0.4 is 10.6 Å². The molecule has 1 aliphatic heterocycles. The first kappa shape index (κ1) is 21.4. The smallest absolute Gasteiger partial charge is 0.222 e. The molecule has 5 nitrogen and oxygen atoms in total. The predicted octanol–water partition coefficient (Wildman–Crippen LogP) is 3.80. The Balaban J connectivity index is 1.58. The highest BCUT2D eigenvalue weighted by Crippen LogP contribution is 2.18. The monoisotopic (exact) mass is 412 g/mol. The molecule has 1 unspecified atom stereocenters. The van der Waals surface area contributed by atoms with Crippen LogP contribution in [-0.2, 0) is 24.3 Å². The number of benzene rings is 1. The number of carbonyl (C=O) groups is 1. The van der Waals surface area contributed by atoms with Gasteiger partial charge in [-0.25, -0.2) is 4.99 Å². The summed E-state index contributed by atoms with van der Waals surface area (Å²) in [7, 11) is 0. The SMILES string of the molecule is CCNC(=NCc1ccccc1CN1CCCC1=O)NCC(C)Cc1cccs1. The molecule has 3 rings (SSSR count). The van der Waals surface area contributed by atoms with Crippen LogP contribution in [0.3, 0.4) is 0 Å². The molecule has 156 valence electrons. The van der Waals surface area contributed by atoms with Gasteiger partial charge in [0, 0.05) is 37.5 Å². The second-order valence-electron chi connectivity index (χ2n) is 7.65. The van der Waals surface area contributed by atoms with Crippen LogP contribution in [0.5, 0.6) is 0 Å². The van der Waals surface area contributed by atoms with Gasteiger partial charge in [0.25, 0.3) is 0 Å². The van der Waals surface area contributed by atoms with Crippen molar-refractivity contribution in [3.8, 4) is 0 Å². The van der Waals surface area contributed by atoms with Crippen LogP contribution in [0.4, 0.5) is 0 Å². The molecule has 1 aliphatic rings. The van der Waals surface area contributed by atoms with E-state index in [2.05, 4.69) is 54.1 Å². The Hall–Kier alpha value is -2.34. The van der Waals surface area contributed by atoms with Crippen molar-refractivity contribution < 1.29 is 4.79 Å². The first-order valence-corrected chi connectivity index (χ1v) is 11.4. The molecular weight excluding hydrogens is 380 g/mol. The molecule has 1 amide bonds. The quantitative estimate of drug-likeness (QED) is 0.486. The van der Waals surface area contributed by atoms with Crippen LogP contribution in [0.1, 0.15) is 42.7 Å². The number of nitrogens with one attached hydrogen (secondary N) is 2. The van der Waals surface area contributed by atoms with E-state index in [9.17, 15) is 4.79 Å². The molecule has 1 aromatic heterocycles. The number of likely N-dealkylation sites (tertiary alicyclic amines) is 1. The van der Waals surface area contributed by atoms with Crippen LogP contribution in [0.2, 0.25) is 0 Å². The summed E-state index contributed by atoms with van der Waals surface area (Å²) in [5, 5.41) is 8.96. The molecule has 2 aromatic rings. The van der Waals surface area contributed by atoms with Crippen molar-refractivity contribution in [3.63, 3.8) is 0 Å². The molecule has 0 radical (unpaired) electrons. The highest BCUT2D eigenvalue weighted by atomic mass is 32.1. The summed E-state index contributed by atoms with van der Waals surface area (Å²) >= 11 is 1.82. The second-order valence-corrected chi connectivity index (χ2v) is 8.68. The maximum atomic E-state index is 12.0. The molecule has 0 saturated carbocycles. The van der Waals surface area contributed by atoms with Crippen LogP contribution in [0.15, 0.2) is 46.8 Å². The van der Waals surface area contributed by atoms with Crippen molar-refractivity contribution in [2.45, 2.75) is 46.2 Å². The minimum absolute atomic E-state index is 0.262. The van der Waals surface area contributed by atoms with Gasteiger partial charge < -0.3 is 15.5 Å². The van der Waals surface area contributed by atoms with E-state index in [1.807, 2.05) is 28.4 Å². The van der Waals surface area contributed by atoms with Crippen molar-refractivity contribution in [1.82, 2.24) is 15.5 Å². The fourth-order valence-corrected chi connectivity index (χ4v) is 4.43. The van der Waals surface area contributed by atoms with Crippen LogP contribution in [-0.4, -0.2) is 36.4 Å². The Kier molecular flexibility index (Phi) is 8.11. The Bertz CT molecular complexity index is 803. The Morgan fingerprint density at radius 2 is 2.03 bits per heavy atom. The van der Waals surface area contributed by atoms with Crippen molar-refractivity contribution in [2.24, 2.45) is 10.9 Å². The van der Waals surface area contributed by atoms with Crippen LogP contribution >= 0.6 is 11.3 Å². The number of thiophene rings is 1. The zero-order chi connectivity index (χ0) is 20.5. The summed E-state index contributed by atoms with van der Waals surface area (Å²) in [4.78, 5) is 20.2. The van der Waals surface area contributed by atoms with Crippen molar-refractivity contribution in [3.05, 3.63) is 57.8 Å². The van der Waals surface area contributed by atoms with E-state index in [0.29, 0.717) is 25.4 Å². The maximum absolute atomic E-state index is 12.0. The Labute approximate surface area is 178 Å². The van der Waals surface area contributed by atoms with E-state index >= 15 is 0 Å². The lowest BCUT2D eigenvalue weighted by atomic mass is 10.1. The fourth-order valence-electron chi connectivity index (χ4n) is 3.56. The Morgan fingerprint density at radius 3 is 2.72 bits per heavy atom. The first-order chi connectivity index (χ1) is 14.2. The normalized spacial score (nSPS) is 15.6. The molecule has 0 spiro atoms. The van der Waals surface area contributed by atoms with Crippen molar-refractivity contribution in [2.75, 3.05) is 19.6 Å². The molecule has 1 fully saturated rings. The zero-order valence-corrected chi connectivity index (χ0v) is 18.3. The molecule has 1 saturated heterocycles. The van der Waals surface area contributed by atoms with Gasteiger partial charge in [0.2, 0.25) is 5.91 Å². The topological polar surface area (TPSA) is 56.7 Å². The number of rotatable bonds is 9. The molecule has 2 heterocycles. The molecule has 29 heavy (non-hydrogen) atoms. The summed E-state index contributed by atoms with van der Waals surface area (Å²) in [5.74, 6) is 1.64. The number of nitrogens with zero attached hydrogens (tertiary/aromatic N) is 2. The fraction of sp³-hybridized carbons (Fsp3) is 0.478. The average Bonchev–Trinajstić information content (AvgIpc) is 3.37. The summed E-state index contributed by atoms with van der Waals surface area (Å²) in [6, 6.07) is 12.6. The van der Waals surface area contributed by atoms with Gasteiger partial charge in [-0.05, 0) is 48.3 Å². The van der Waals surface area contributed by atoms with Crippen molar-refractivity contribution in [1.29, 1.82) is 0 Å². The van der Waals surface area contributed by atoms with E-state index in [1.54, 1.807) is 0 Å². The summed E-state index contributed by atoms with van der Waals surface area (Å²) in [6.07, 6.45) is 2.73. The summed E-state index contributed by atoms with van der Waals surface area (Å²) in [6.45, 7) is 8.21. The molecular formula is C23H32N4OS. The predicted molar refractivity (Wildman–Crippen MR) is 121 cm³/mol. The lowest BCUT2D eigenvalue weighted by Gasteiger charge is -2.18. The lowest BCUT2D eigenvalue weighted by Crippen LogP contribution is -2.39. The maximum Gasteiger partial charge on any atom is 0.222 e. The molecule has 0 aliphatic carbocycles. The number of hydrogen-bond donors (Lipinski definition) is 2. The number of aliphatic imine (C=N–C) groups is 1. The van der Waals surface area contributed by atoms with Gasteiger partial charge in [-0.1, -0.05) is 37.3 Å². The zero-order valence-electron chi connectivity index (χ0n) is 17.5. The van der Waals surface area contributed by atoms with E-state index in [-0.39, 0.29) is 5.91 Å². The third-order valence-corrected chi connectivity index (χ3v) is 6.05. The highest BCUT2D eigenvalue weighted by Gasteiger charge is 2.20. The van der Waals surface area contributed by atoms with E-state index in [4.69, 9.17) is 4.99 Å². The van der Waals surface area contributed by atoms with Crippen LogP contribution in [0.25, 0.3) is 0 Å². The Morgan fingerprint density at radius 1 is 1.21 bits per heavy atom. The first-order valence-electron chi connectivity index (χ1n) is 10.5. The second kappa shape index (κ2) is 11.0. The lowest BCUT2D eigenvalue weighted by molar-refractivity contribution is -0.128. The standard InChI is InChI=1S/C23H32N4OS/c1-3-24-23(25-15-18(2)14-21-10-7-13-29-21)26-16-19-8-4-5-9-20(19)17-27-12-6-11-22(27)28/h4-5,7-10,13,18H,3,6,11-12,14-17H2,1-2H3,(H2,24,25,26). The van der Waals surface area contributed by atoms with Gasteiger partial charge in [-0.2, -0.15) is 0 Å². The highest BCUT2D eigenvalue weighted by molar-refractivity contribution is 7.09. The van der Waals surface area contributed by atoms with Gasteiger partial charge in [-0.15, -0.1) is 11.3 Å².